The van der Waals surface area contributed by atoms with Gasteiger partial charge in [-0.25, -0.2) is 0 Å². The van der Waals surface area contributed by atoms with E-state index in [1.54, 1.807) is 7.11 Å². The molecule has 3 atom stereocenters. The summed E-state index contributed by atoms with van der Waals surface area (Å²) < 4.78 is 21.2. The van der Waals surface area contributed by atoms with Crippen LogP contribution in [0.1, 0.15) is 20.3 Å². The molecule has 0 aromatic heterocycles. The molecule has 0 N–H and O–H groups in total. The number of Topliss-reactive ketones (excluding diaryl/α,β-unsaturated/α-hetero) is 1. The molecule has 5 nitrogen and oxygen atoms in total. The number of ether oxygens (including phenoxy) is 4. The number of rotatable bonds is 9. The zero-order valence-electron chi connectivity index (χ0n) is 10.8. The third-order valence-corrected chi connectivity index (χ3v) is 2.61. The topological polar surface area (TPSA) is 54.0 Å². The maximum Gasteiger partial charge on any atom is 0.166 e. The van der Waals surface area contributed by atoms with E-state index >= 15 is 0 Å². The van der Waals surface area contributed by atoms with E-state index in [2.05, 4.69) is 0 Å². The summed E-state index contributed by atoms with van der Waals surface area (Å²) in [4.78, 5) is 11.4. The first-order valence-electron chi connectivity index (χ1n) is 6.05. The summed E-state index contributed by atoms with van der Waals surface area (Å²) in [5.41, 5.74) is 0. The van der Waals surface area contributed by atoms with E-state index < -0.39 is 6.10 Å². The summed E-state index contributed by atoms with van der Waals surface area (Å²) in [6.07, 6.45) is -0.126. The molecule has 100 valence electrons. The van der Waals surface area contributed by atoms with Crippen molar-refractivity contribution in [3.63, 3.8) is 0 Å². The van der Waals surface area contributed by atoms with E-state index in [-0.39, 0.29) is 18.0 Å². The monoisotopic (exact) mass is 246 g/mol. The van der Waals surface area contributed by atoms with Crippen LogP contribution < -0.4 is 0 Å². The van der Waals surface area contributed by atoms with Crippen molar-refractivity contribution in [3.05, 3.63) is 0 Å². The lowest BCUT2D eigenvalue weighted by atomic mass is 9.90. The van der Waals surface area contributed by atoms with Gasteiger partial charge in [-0.15, -0.1) is 0 Å². The molecule has 5 heteroatoms. The summed E-state index contributed by atoms with van der Waals surface area (Å²) in [5, 5.41) is 0. The maximum absolute atomic E-state index is 11.4. The molecular formula is C12H22O5. The van der Waals surface area contributed by atoms with Crippen LogP contribution in [-0.4, -0.2) is 57.6 Å². The van der Waals surface area contributed by atoms with Crippen LogP contribution in [0.3, 0.4) is 0 Å². The van der Waals surface area contributed by atoms with Gasteiger partial charge in [-0.2, -0.15) is 0 Å². The Morgan fingerprint density at radius 3 is 2.76 bits per heavy atom. The van der Waals surface area contributed by atoms with Gasteiger partial charge in [-0.05, 0) is 13.8 Å². The van der Waals surface area contributed by atoms with E-state index in [9.17, 15) is 4.79 Å². The minimum Gasteiger partial charge on any atom is -0.382 e. The van der Waals surface area contributed by atoms with Crippen LogP contribution in [-0.2, 0) is 23.7 Å². The molecule has 1 fully saturated rings. The smallest absolute Gasteiger partial charge is 0.166 e. The lowest BCUT2D eigenvalue weighted by Crippen LogP contribution is -2.52. The fourth-order valence-electron chi connectivity index (χ4n) is 1.67. The highest BCUT2D eigenvalue weighted by Gasteiger charge is 2.42. The molecule has 0 heterocycles. The van der Waals surface area contributed by atoms with E-state index in [0.29, 0.717) is 32.8 Å². The normalized spacial score (nSPS) is 25.7. The van der Waals surface area contributed by atoms with Crippen LogP contribution in [0.5, 0.6) is 0 Å². The molecule has 0 amide bonds. The van der Waals surface area contributed by atoms with Crippen LogP contribution in [0.25, 0.3) is 0 Å². The number of carbonyl (C=O) groups excluding carboxylic acids is 1. The SMILES string of the molecule is CCOCC(C)OC1CC(=O)C1OCCOC. The average Bonchev–Trinajstić information content (AvgIpc) is 2.31. The van der Waals surface area contributed by atoms with Crippen molar-refractivity contribution in [2.24, 2.45) is 0 Å². The third-order valence-electron chi connectivity index (χ3n) is 2.61. The van der Waals surface area contributed by atoms with Crippen molar-refractivity contribution < 1.29 is 23.7 Å². The molecule has 0 aromatic carbocycles. The zero-order valence-corrected chi connectivity index (χ0v) is 10.8. The Balaban J connectivity index is 2.21. The Labute approximate surface area is 102 Å². The third kappa shape index (κ3) is 4.71. The number of carbonyl (C=O) groups is 1. The second-order valence-corrected chi connectivity index (χ2v) is 4.10. The molecule has 0 aliphatic heterocycles. The van der Waals surface area contributed by atoms with Crippen molar-refractivity contribution in [3.8, 4) is 0 Å². The van der Waals surface area contributed by atoms with Crippen molar-refractivity contribution in [2.45, 2.75) is 38.6 Å². The van der Waals surface area contributed by atoms with Gasteiger partial charge in [0.05, 0.1) is 32.0 Å². The van der Waals surface area contributed by atoms with Crippen LogP contribution in [0.4, 0.5) is 0 Å². The van der Waals surface area contributed by atoms with Crippen molar-refractivity contribution in [2.75, 3.05) is 33.5 Å². The van der Waals surface area contributed by atoms with Crippen LogP contribution in [0, 0.1) is 0 Å². The fourth-order valence-corrected chi connectivity index (χ4v) is 1.67. The number of hydrogen-bond acceptors (Lipinski definition) is 5. The summed E-state index contributed by atoms with van der Waals surface area (Å²) in [6, 6.07) is 0. The molecule has 0 aromatic rings. The minimum absolute atomic E-state index is 0.0124. The lowest BCUT2D eigenvalue weighted by molar-refractivity contribution is -0.177. The van der Waals surface area contributed by atoms with Gasteiger partial charge in [0, 0.05) is 20.1 Å². The molecular weight excluding hydrogens is 224 g/mol. The van der Waals surface area contributed by atoms with Gasteiger partial charge in [0.2, 0.25) is 0 Å². The minimum atomic E-state index is -0.422. The summed E-state index contributed by atoms with van der Waals surface area (Å²) in [5.74, 6) is 0.106. The van der Waals surface area contributed by atoms with Crippen molar-refractivity contribution in [1.29, 1.82) is 0 Å². The molecule has 1 saturated carbocycles. The van der Waals surface area contributed by atoms with E-state index in [1.165, 1.54) is 0 Å². The Morgan fingerprint density at radius 2 is 2.18 bits per heavy atom. The number of ketones is 1. The van der Waals surface area contributed by atoms with Gasteiger partial charge in [0.1, 0.15) is 6.10 Å². The molecule has 1 aliphatic carbocycles. The van der Waals surface area contributed by atoms with Crippen LogP contribution >= 0.6 is 0 Å². The number of hydrogen-bond donors (Lipinski definition) is 0. The highest BCUT2D eigenvalue weighted by molar-refractivity contribution is 5.90. The van der Waals surface area contributed by atoms with E-state index in [1.807, 2.05) is 13.8 Å². The fraction of sp³-hybridized carbons (Fsp3) is 0.917. The maximum atomic E-state index is 11.4. The van der Waals surface area contributed by atoms with Gasteiger partial charge >= 0.3 is 0 Å². The highest BCUT2D eigenvalue weighted by Crippen LogP contribution is 2.24. The molecule has 1 rings (SSSR count). The highest BCUT2D eigenvalue weighted by atomic mass is 16.6. The lowest BCUT2D eigenvalue weighted by Gasteiger charge is -2.36. The van der Waals surface area contributed by atoms with Crippen LogP contribution in [0.15, 0.2) is 0 Å². The van der Waals surface area contributed by atoms with Crippen LogP contribution in [0.2, 0.25) is 0 Å². The Hall–Kier alpha value is -0.490. The Morgan fingerprint density at radius 1 is 1.41 bits per heavy atom. The Kier molecular flexibility index (Phi) is 6.65. The van der Waals surface area contributed by atoms with Gasteiger partial charge in [0.15, 0.2) is 5.78 Å². The van der Waals surface area contributed by atoms with E-state index in [4.69, 9.17) is 18.9 Å². The predicted molar refractivity (Wildman–Crippen MR) is 62.1 cm³/mol. The zero-order chi connectivity index (χ0) is 12.7. The molecule has 1 aliphatic rings. The predicted octanol–water partition coefficient (Wildman–Crippen LogP) is 0.801. The van der Waals surface area contributed by atoms with Gasteiger partial charge in [-0.1, -0.05) is 0 Å². The Bertz CT molecular complexity index is 231. The summed E-state index contributed by atoms with van der Waals surface area (Å²) >= 11 is 0. The first kappa shape index (κ1) is 14.6. The molecule has 0 spiro atoms. The van der Waals surface area contributed by atoms with Gasteiger partial charge < -0.3 is 18.9 Å². The second kappa shape index (κ2) is 7.76. The standard InChI is InChI=1S/C12H22O5/c1-4-15-8-9(2)17-11-7-10(13)12(11)16-6-5-14-3/h9,11-12H,4-8H2,1-3H3. The second-order valence-electron chi connectivity index (χ2n) is 4.10. The first-order chi connectivity index (χ1) is 8.19. The van der Waals surface area contributed by atoms with E-state index in [0.717, 1.165) is 0 Å². The number of methoxy groups -OCH3 is 1. The summed E-state index contributed by atoms with van der Waals surface area (Å²) in [6.45, 7) is 6.01. The largest absolute Gasteiger partial charge is 0.382 e. The molecule has 3 unspecified atom stereocenters. The molecule has 0 bridgehead atoms. The van der Waals surface area contributed by atoms with Crippen molar-refractivity contribution >= 4 is 5.78 Å². The average molecular weight is 246 g/mol. The summed E-state index contributed by atoms with van der Waals surface area (Å²) in [7, 11) is 1.60. The molecule has 0 saturated heterocycles. The molecule has 17 heavy (non-hydrogen) atoms. The quantitative estimate of drug-likeness (QED) is 0.563. The van der Waals surface area contributed by atoms with Gasteiger partial charge in [0.25, 0.3) is 0 Å². The molecule has 0 radical (unpaired) electrons. The van der Waals surface area contributed by atoms with Gasteiger partial charge in [-0.3, -0.25) is 4.79 Å². The first-order valence-corrected chi connectivity index (χ1v) is 6.05. The van der Waals surface area contributed by atoms with Crippen molar-refractivity contribution in [1.82, 2.24) is 0 Å².